The van der Waals surface area contributed by atoms with Crippen molar-refractivity contribution >= 4 is 11.9 Å². The van der Waals surface area contributed by atoms with Gasteiger partial charge in [-0.3, -0.25) is 9.59 Å². The number of likely N-dealkylation sites (tertiary alicyclic amines) is 1. The van der Waals surface area contributed by atoms with Crippen molar-refractivity contribution in [1.82, 2.24) is 4.90 Å². The molecule has 0 aliphatic carbocycles. The Morgan fingerprint density at radius 3 is 1.47 bits per heavy atom. The van der Waals surface area contributed by atoms with Crippen LogP contribution in [0.3, 0.4) is 0 Å². The van der Waals surface area contributed by atoms with E-state index in [1.807, 2.05) is 0 Å². The molecular formula is C49H95NO5. The molecule has 1 fully saturated rings. The lowest BCUT2D eigenvalue weighted by Gasteiger charge is -2.21. The highest BCUT2D eigenvalue weighted by molar-refractivity contribution is 5.72. The van der Waals surface area contributed by atoms with Crippen molar-refractivity contribution in [3.63, 3.8) is 0 Å². The third kappa shape index (κ3) is 30.6. The van der Waals surface area contributed by atoms with Crippen LogP contribution in [0.4, 0.5) is 0 Å². The Kier molecular flexibility index (Phi) is 32.9. The molecule has 0 amide bonds. The van der Waals surface area contributed by atoms with Crippen molar-refractivity contribution in [2.75, 3.05) is 46.1 Å². The van der Waals surface area contributed by atoms with Crippen molar-refractivity contribution in [3.8, 4) is 0 Å². The molecule has 1 rings (SSSR count). The molecule has 0 saturated carbocycles. The van der Waals surface area contributed by atoms with E-state index in [9.17, 15) is 9.59 Å². The van der Waals surface area contributed by atoms with Crippen molar-refractivity contribution in [2.45, 2.75) is 216 Å². The van der Waals surface area contributed by atoms with Gasteiger partial charge in [-0.2, -0.15) is 0 Å². The van der Waals surface area contributed by atoms with Crippen LogP contribution in [0.15, 0.2) is 0 Å². The molecule has 1 heterocycles. The topological polar surface area (TPSA) is 65.1 Å². The summed E-state index contributed by atoms with van der Waals surface area (Å²) < 4.78 is 17.6. The zero-order chi connectivity index (χ0) is 40.5. The van der Waals surface area contributed by atoms with Crippen LogP contribution in [-0.2, 0) is 23.8 Å². The Balaban J connectivity index is 2.21. The number of carbonyl (C=O) groups excluding carboxylic acids is 2. The van der Waals surface area contributed by atoms with E-state index in [0.717, 1.165) is 77.0 Å². The SMILES string of the molecule is CC(C)CCC(COCCCCCCCCCCC(CCCCCCCCCC(=O)OCC(CCC(C)C)C(C)C)C(=O)OCCCN1CCCC1)C(C)C. The molecule has 1 aliphatic rings. The number of nitrogens with zero attached hydrogens (tertiary/aromatic N) is 1. The molecule has 0 aromatic carbocycles. The maximum Gasteiger partial charge on any atom is 0.308 e. The van der Waals surface area contributed by atoms with Gasteiger partial charge >= 0.3 is 11.9 Å². The third-order valence-corrected chi connectivity index (χ3v) is 12.3. The predicted molar refractivity (Wildman–Crippen MR) is 234 cm³/mol. The second kappa shape index (κ2) is 34.9. The molecule has 1 aliphatic heterocycles. The van der Waals surface area contributed by atoms with E-state index < -0.39 is 0 Å². The molecule has 0 aromatic rings. The van der Waals surface area contributed by atoms with Gasteiger partial charge < -0.3 is 19.1 Å². The smallest absolute Gasteiger partial charge is 0.308 e. The monoisotopic (exact) mass is 778 g/mol. The van der Waals surface area contributed by atoms with Gasteiger partial charge in [0.2, 0.25) is 0 Å². The quantitative estimate of drug-likeness (QED) is 0.0459. The summed E-state index contributed by atoms with van der Waals surface area (Å²) in [6.45, 7) is 24.7. The van der Waals surface area contributed by atoms with Crippen LogP contribution in [0.25, 0.3) is 0 Å². The van der Waals surface area contributed by atoms with Gasteiger partial charge in [0.15, 0.2) is 0 Å². The zero-order valence-electron chi connectivity index (χ0n) is 38.2. The minimum absolute atomic E-state index is 0.0246. The first kappa shape index (κ1) is 51.9. The highest BCUT2D eigenvalue weighted by Gasteiger charge is 2.20. The number of rotatable bonds is 38. The van der Waals surface area contributed by atoms with E-state index in [4.69, 9.17) is 14.2 Å². The van der Waals surface area contributed by atoms with Gasteiger partial charge in [-0.15, -0.1) is 0 Å². The average molecular weight is 778 g/mol. The minimum Gasteiger partial charge on any atom is -0.465 e. The van der Waals surface area contributed by atoms with E-state index in [0.29, 0.717) is 49.2 Å². The zero-order valence-corrected chi connectivity index (χ0v) is 38.2. The second-order valence-corrected chi connectivity index (χ2v) is 19.1. The lowest BCUT2D eigenvalue weighted by atomic mass is 9.89. The summed E-state index contributed by atoms with van der Waals surface area (Å²) in [7, 11) is 0. The summed E-state index contributed by atoms with van der Waals surface area (Å²) in [4.78, 5) is 28.0. The van der Waals surface area contributed by atoms with E-state index in [1.165, 1.54) is 116 Å². The van der Waals surface area contributed by atoms with Crippen LogP contribution in [-0.4, -0.2) is 62.9 Å². The molecule has 326 valence electrons. The summed E-state index contributed by atoms with van der Waals surface area (Å²) in [6.07, 6.45) is 28.9. The Morgan fingerprint density at radius 1 is 0.491 bits per heavy atom. The number of ether oxygens (including phenoxy) is 3. The average Bonchev–Trinajstić information content (AvgIpc) is 3.66. The fourth-order valence-corrected chi connectivity index (χ4v) is 7.98. The standard InChI is InChI=1S/C49H95NO5/c1-41(2)30-32-46(43(5)6)39-53-37-25-19-15-10-9-12-16-20-27-45(49(52)54-38-26-36-50-34-23-24-35-50)28-21-17-13-11-14-18-22-29-48(51)55-40-47(44(7)8)33-31-42(3)4/h41-47H,9-40H2,1-8H3. The summed E-state index contributed by atoms with van der Waals surface area (Å²) >= 11 is 0. The maximum absolute atomic E-state index is 13.2. The molecule has 55 heavy (non-hydrogen) atoms. The lowest BCUT2D eigenvalue weighted by Crippen LogP contribution is -2.23. The Labute approximate surface area is 343 Å². The van der Waals surface area contributed by atoms with E-state index in [1.54, 1.807) is 0 Å². The number of esters is 2. The van der Waals surface area contributed by atoms with Crippen LogP contribution in [0.2, 0.25) is 0 Å². The Bertz CT molecular complexity index is 883. The molecule has 0 bridgehead atoms. The number of hydrogen-bond acceptors (Lipinski definition) is 6. The summed E-state index contributed by atoms with van der Waals surface area (Å²) in [5.74, 6) is 3.97. The Hall–Kier alpha value is -1.14. The molecule has 0 aromatic heterocycles. The Morgan fingerprint density at radius 2 is 0.964 bits per heavy atom. The fourth-order valence-electron chi connectivity index (χ4n) is 7.98. The van der Waals surface area contributed by atoms with Gasteiger partial charge in [-0.05, 0) is 106 Å². The highest BCUT2D eigenvalue weighted by Crippen LogP contribution is 2.24. The maximum atomic E-state index is 13.2. The van der Waals surface area contributed by atoms with E-state index >= 15 is 0 Å². The van der Waals surface area contributed by atoms with Crippen molar-refractivity contribution < 1.29 is 23.8 Å². The first-order chi connectivity index (χ1) is 26.5. The number of carbonyl (C=O) groups is 2. The van der Waals surface area contributed by atoms with Crippen LogP contribution in [0.1, 0.15) is 216 Å². The summed E-state index contributed by atoms with van der Waals surface area (Å²) in [5.41, 5.74) is 0. The molecule has 6 heteroatoms. The van der Waals surface area contributed by atoms with Crippen LogP contribution < -0.4 is 0 Å². The minimum atomic E-state index is -0.0246. The van der Waals surface area contributed by atoms with Crippen LogP contribution >= 0.6 is 0 Å². The molecule has 3 unspecified atom stereocenters. The predicted octanol–water partition coefficient (Wildman–Crippen LogP) is 13.6. The fraction of sp³-hybridized carbons (Fsp3) is 0.959. The van der Waals surface area contributed by atoms with Gasteiger partial charge in [0, 0.05) is 26.2 Å². The van der Waals surface area contributed by atoms with Crippen molar-refractivity contribution in [2.24, 2.45) is 41.4 Å². The first-order valence-electron chi connectivity index (χ1n) is 24.1. The van der Waals surface area contributed by atoms with E-state index in [2.05, 4.69) is 60.3 Å². The number of hydrogen-bond donors (Lipinski definition) is 0. The third-order valence-electron chi connectivity index (χ3n) is 12.3. The molecule has 6 nitrogen and oxygen atoms in total. The molecule has 0 radical (unpaired) electrons. The summed E-state index contributed by atoms with van der Waals surface area (Å²) in [6, 6.07) is 0. The summed E-state index contributed by atoms with van der Waals surface area (Å²) in [5, 5.41) is 0. The van der Waals surface area contributed by atoms with Gasteiger partial charge in [-0.1, -0.05) is 152 Å². The molecule has 1 saturated heterocycles. The van der Waals surface area contributed by atoms with Crippen molar-refractivity contribution in [1.29, 1.82) is 0 Å². The van der Waals surface area contributed by atoms with Gasteiger partial charge in [0.25, 0.3) is 0 Å². The van der Waals surface area contributed by atoms with Crippen LogP contribution in [0, 0.1) is 41.4 Å². The largest absolute Gasteiger partial charge is 0.465 e. The first-order valence-corrected chi connectivity index (χ1v) is 24.1. The van der Waals surface area contributed by atoms with E-state index in [-0.39, 0.29) is 17.9 Å². The van der Waals surface area contributed by atoms with Crippen LogP contribution in [0.5, 0.6) is 0 Å². The highest BCUT2D eigenvalue weighted by atomic mass is 16.5. The van der Waals surface area contributed by atoms with Gasteiger partial charge in [-0.25, -0.2) is 0 Å². The molecule has 0 spiro atoms. The normalized spacial score (nSPS) is 15.4. The molecule has 0 N–H and O–H groups in total. The molecular weight excluding hydrogens is 683 g/mol. The second-order valence-electron chi connectivity index (χ2n) is 19.1. The lowest BCUT2D eigenvalue weighted by molar-refractivity contribution is -0.149. The van der Waals surface area contributed by atoms with Gasteiger partial charge in [0.05, 0.1) is 19.1 Å². The van der Waals surface area contributed by atoms with Crippen molar-refractivity contribution in [3.05, 3.63) is 0 Å². The number of unbranched alkanes of at least 4 members (excludes halogenated alkanes) is 13. The van der Waals surface area contributed by atoms with Gasteiger partial charge in [0.1, 0.15) is 0 Å². The molecule has 3 atom stereocenters.